The van der Waals surface area contributed by atoms with E-state index >= 15 is 0 Å². The molecule has 1 aliphatic carbocycles. The predicted octanol–water partition coefficient (Wildman–Crippen LogP) is 3.22. The largest absolute Gasteiger partial charge is 0.383 e. The second-order valence-electron chi connectivity index (χ2n) is 5.05. The predicted molar refractivity (Wildman–Crippen MR) is 78.1 cm³/mol. The molecule has 0 spiro atoms. The van der Waals surface area contributed by atoms with Crippen LogP contribution in [-0.4, -0.2) is 42.9 Å². The number of halogens is 1. The Morgan fingerprint density at radius 1 is 1.17 bits per heavy atom. The fourth-order valence-corrected chi connectivity index (χ4v) is 3.03. The number of ether oxygens (including phenoxy) is 1. The lowest BCUT2D eigenvalue weighted by Crippen LogP contribution is -2.39. The highest BCUT2D eigenvalue weighted by Crippen LogP contribution is 2.24. The molecule has 4 heteroatoms. The minimum absolute atomic E-state index is 0.251. The molecule has 0 bridgehead atoms. The van der Waals surface area contributed by atoms with E-state index in [-0.39, 0.29) is 5.92 Å². The Bertz CT molecular complexity index is 221. The molecule has 0 unspecified atom stereocenters. The summed E-state index contributed by atoms with van der Waals surface area (Å²) in [5.74, 6) is 0.592. The van der Waals surface area contributed by atoms with Gasteiger partial charge in [0.1, 0.15) is 0 Å². The van der Waals surface area contributed by atoms with Crippen LogP contribution in [0.15, 0.2) is 0 Å². The topological polar surface area (TPSA) is 29.5 Å². The maximum atomic E-state index is 12.5. The van der Waals surface area contributed by atoms with Crippen LogP contribution in [0.1, 0.15) is 44.9 Å². The van der Waals surface area contributed by atoms with E-state index in [2.05, 4.69) is 15.9 Å². The van der Waals surface area contributed by atoms with Crippen LogP contribution in [0.4, 0.5) is 0 Å². The van der Waals surface area contributed by atoms with Crippen molar-refractivity contribution in [3.8, 4) is 0 Å². The Hall–Kier alpha value is -0.0900. The molecule has 1 aliphatic rings. The molecule has 0 aromatic carbocycles. The van der Waals surface area contributed by atoms with Gasteiger partial charge in [0.05, 0.1) is 6.61 Å². The van der Waals surface area contributed by atoms with Gasteiger partial charge >= 0.3 is 0 Å². The SMILES string of the molecule is COCCN(CCBr)C(=O)C1CCCCCCC1. The van der Waals surface area contributed by atoms with Crippen molar-refractivity contribution in [2.75, 3.05) is 32.1 Å². The first kappa shape index (κ1) is 16.0. The van der Waals surface area contributed by atoms with Crippen LogP contribution in [0.3, 0.4) is 0 Å². The maximum absolute atomic E-state index is 12.5. The Kier molecular flexibility index (Phi) is 8.68. The quantitative estimate of drug-likeness (QED) is 0.703. The molecule has 1 rings (SSSR count). The van der Waals surface area contributed by atoms with Crippen molar-refractivity contribution in [2.24, 2.45) is 5.92 Å². The molecule has 0 aromatic heterocycles. The summed E-state index contributed by atoms with van der Waals surface area (Å²) in [7, 11) is 1.69. The summed E-state index contributed by atoms with van der Waals surface area (Å²) < 4.78 is 5.09. The Morgan fingerprint density at radius 3 is 2.33 bits per heavy atom. The number of alkyl halides is 1. The summed E-state index contributed by atoms with van der Waals surface area (Å²) >= 11 is 3.43. The number of amides is 1. The summed E-state index contributed by atoms with van der Waals surface area (Å²) in [6.07, 6.45) is 8.50. The summed E-state index contributed by atoms with van der Waals surface area (Å²) in [6, 6.07) is 0. The van der Waals surface area contributed by atoms with E-state index in [4.69, 9.17) is 4.74 Å². The monoisotopic (exact) mass is 319 g/mol. The normalized spacial score (nSPS) is 18.1. The Labute approximate surface area is 119 Å². The first-order valence-electron chi connectivity index (χ1n) is 7.13. The van der Waals surface area contributed by atoms with Gasteiger partial charge in [0.25, 0.3) is 0 Å². The zero-order valence-electron chi connectivity index (χ0n) is 11.5. The van der Waals surface area contributed by atoms with E-state index in [1.807, 2.05) is 4.90 Å². The molecule has 0 atom stereocenters. The van der Waals surface area contributed by atoms with E-state index in [0.29, 0.717) is 12.5 Å². The minimum atomic E-state index is 0.251. The fourth-order valence-electron chi connectivity index (χ4n) is 2.60. The number of methoxy groups -OCH3 is 1. The molecule has 18 heavy (non-hydrogen) atoms. The number of hydrogen-bond acceptors (Lipinski definition) is 2. The van der Waals surface area contributed by atoms with Crippen LogP contribution < -0.4 is 0 Å². The van der Waals surface area contributed by atoms with Crippen molar-refractivity contribution < 1.29 is 9.53 Å². The lowest BCUT2D eigenvalue weighted by atomic mass is 9.90. The number of carbonyl (C=O) groups excluding carboxylic acids is 1. The standard InChI is InChI=1S/C14H26BrNO2/c1-18-12-11-16(10-9-15)14(17)13-7-5-3-2-4-6-8-13/h13H,2-12H2,1H3. The van der Waals surface area contributed by atoms with E-state index in [1.54, 1.807) is 7.11 Å². The molecule has 0 aliphatic heterocycles. The van der Waals surface area contributed by atoms with Gasteiger partial charge in [0.15, 0.2) is 0 Å². The number of nitrogens with zero attached hydrogens (tertiary/aromatic N) is 1. The molecule has 106 valence electrons. The summed E-state index contributed by atoms with van der Waals surface area (Å²) in [5.41, 5.74) is 0. The first-order valence-corrected chi connectivity index (χ1v) is 8.25. The molecule has 0 radical (unpaired) electrons. The molecule has 0 heterocycles. The van der Waals surface area contributed by atoms with E-state index < -0.39 is 0 Å². The Morgan fingerprint density at radius 2 is 1.78 bits per heavy atom. The van der Waals surface area contributed by atoms with Gasteiger partial charge in [-0.1, -0.05) is 48.0 Å². The van der Waals surface area contributed by atoms with Crippen LogP contribution in [0, 0.1) is 5.92 Å². The average molecular weight is 320 g/mol. The van der Waals surface area contributed by atoms with Crippen LogP contribution in [0.25, 0.3) is 0 Å². The Balaban J connectivity index is 2.49. The molecular formula is C14H26BrNO2. The first-order chi connectivity index (χ1) is 8.79. The third-order valence-electron chi connectivity index (χ3n) is 3.69. The zero-order chi connectivity index (χ0) is 13.2. The van der Waals surface area contributed by atoms with Crippen molar-refractivity contribution in [3.05, 3.63) is 0 Å². The van der Waals surface area contributed by atoms with Gasteiger partial charge in [-0.3, -0.25) is 4.79 Å². The lowest BCUT2D eigenvalue weighted by molar-refractivity contribution is -0.136. The van der Waals surface area contributed by atoms with Gasteiger partial charge in [-0.25, -0.2) is 0 Å². The molecule has 1 fully saturated rings. The van der Waals surface area contributed by atoms with Gasteiger partial charge in [0, 0.05) is 31.4 Å². The highest BCUT2D eigenvalue weighted by atomic mass is 79.9. The highest BCUT2D eigenvalue weighted by Gasteiger charge is 2.23. The van der Waals surface area contributed by atoms with Gasteiger partial charge in [0.2, 0.25) is 5.91 Å². The van der Waals surface area contributed by atoms with Crippen molar-refractivity contribution in [1.29, 1.82) is 0 Å². The van der Waals surface area contributed by atoms with Gasteiger partial charge < -0.3 is 9.64 Å². The number of carbonyl (C=O) groups is 1. The molecule has 0 N–H and O–H groups in total. The van der Waals surface area contributed by atoms with Crippen LogP contribution in [0.2, 0.25) is 0 Å². The van der Waals surface area contributed by atoms with Crippen molar-refractivity contribution in [1.82, 2.24) is 4.90 Å². The van der Waals surface area contributed by atoms with Crippen LogP contribution >= 0.6 is 15.9 Å². The van der Waals surface area contributed by atoms with Crippen molar-refractivity contribution in [2.45, 2.75) is 44.9 Å². The lowest BCUT2D eigenvalue weighted by Gasteiger charge is -2.27. The third kappa shape index (κ3) is 5.70. The molecule has 0 aromatic rings. The molecular weight excluding hydrogens is 294 g/mol. The fraction of sp³-hybridized carbons (Fsp3) is 0.929. The van der Waals surface area contributed by atoms with E-state index in [1.165, 1.54) is 32.1 Å². The summed E-state index contributed by atoms with van der Waals surface area (Å²) in [5, 5.41) is 0.842. The van der Waals surface area contributed by atoms with Crippen molar-refractivity contribution in [3.63, 3.8) is 0 Å². The third-order valence-corrected chi connectivity index (χ3v) is 4.04. The second kappa shape index (κ2) is 9.79. The molecule has 3 nitrogen and oxygen atoms in total. The number of hydrogen-bond donors (Lipinski definition) is 0. The summed E-state index contributed by atoms with van der Waals surface area (Å²) in [6.45, 7) is 2.14. The van der Waals surface area contributed by atoms with E-state index in [0.717, 1.165) is 31.3 Å². The van der Waals surface area contributed by atoms with Crippen LogP contribution in [-0.2, 0) is 9.53 Å². The smallest absolute Gasteiger partial charge is 0.225 e. The second-order valence-corrected chi connectivity index (χ2v) is 5.84. The van der Waals surface area contributed by atoms with E-state index in [9.17, 15) is 4.79 Å². The highest BCUT2D eigenvalue weighted by molar-refractivity contribution is 9.09. The van der Waals surface area contributed by atoms with Crippen molar-refractivity contribution >= 4 is 21.8 Å². The average Bonchev–Trinajstić information content (AvgIpc) is 2.33. The molecule has 0 saturated heterocycles. The summed E-state index contributed by atoms with van der Waals surface area (Å²) in [4.78, 5) is 14.5. The molecule has 1 amide bonds. The molecule has 1 saturated carbocycles. The van der Waals surface area contributed by atoms with Crippen LogP contribution in [0.5, 0.6) is 0 Å². The number of rotatable bonds is 6. The van der Waals surface area contributed by atoms with Gasteiger partial charge in [-0.2, -0.15) is 0 Å². The van der Waals surface area contributed by atoms with Gasteiger partial charge in [-0.15, -0.1) is 0 Å². The maximum Gasteiger partial charge on any atom is 0.225 e. The minimum Gasteiger partial charge on any atom is -0.383 e. The van der Waals surface area contributed by atoms with Gasteiger partial charge in [-0.05, 0) is 12.8 Å². The zero-order valence-corrected chi connectivity index (χ0v) is 13.1.